The summed E-state index contributed by atoms with van der Waals surface area (Å²) in [4.78, 5) is 27.7. The van der Waals surface area contributed by atoms with Crippen LogP contribution in [0, 0.1) is 6.42 Å². The average Bonchev–Trinajstić information content (AvgIpc) is 2.62. The number of benzene rings is 2. The number of carbonyl (C=O) groups excluding carboxylic acids is 2. The number of aromatic nitrogens is 1. The molecular formula is C20H18N3O2. The van der Waals surface area contributed by atoms with Crippen molar-refractivity contribution in [2.75, 3.05) is 5.32 Å². The number of amides is 2. The van der Waals surface area contributed by atoms with Crippen LogP contribution in [0.2, 0.25) is 0 Å². The Kier molecular flexibility index (Phi) is 5.04. The van der Waals surface area contributed by atoms with Gasteiger partial charge in [0.05, 0.1) is 11.9 Å². The van der Waals surface area contributed by atoms with Gasteiger partial charge in [-0.05, 0) is 48.7 Å². The van der Waals surface area contributed by atoms with Crippen LogP contribution in [0.15, 0.2) is 60.8 Å². The summed E-state index contributed by atoms with van der Waals surface area (Å²) >= 11 is 0. The first kappa shape index (κ1) is 16.6. The minimum Gasteiger partial charge on any atom is -0.366 e. The van der Waals surface area contributed by atoms with Crippen LogP contribution in [0.25, 0.3) is 10.9 Å². The largest absolute Gasteiger partial charge is 0.366 e. The number of hydrogen-bond acceptors (Lipinski definition) is 3. The van der Waals surface area contributed by atoms with Crippen LogP contribution in [0.1, 0.15) is 22.3 Å². The van der Waals surface area contributed by atoms with Gasteiger partial charge in [0.15, 0.2) is 0 Å². The van der Waals surface area contributed by atoms with E-state index in [1.807, 2.05) is 42.5 Å². The van der Waals surface area contributed by atoms with Gasteiger partial charge in [-0.2, -0.15) is 0 Å². The van der Waals surface area contributed by atoms with E-state index in [1.165, 1.54) is 0 Å². The van der Waals surface area contributed by atoms with E-state index < -0.39 is 5.91 Å². The maximum atomic E-state index is 12.1. The van der Waals surface area contributed by atoms with E-state index in [4.69, 9.17) is 5.73 Å². The molecule has 0 spiro atoms. The van der Waals surface area contributed by atoms with Gasteiger partial charge in [0.1, 0.15) is 0 Å². The number of anilines is 1. The van der Waals surface area contributed by atoms with Gasteiger partial charge in [-0.25, -0.2) is 0 Å². The molecule has 0 fully saturated rings. The zero-order valence-corrected chi connectivity index (χ0v) is 13.6. The summed E-state index contributed by atoms with van der Waals surface area (Å²) in [6, 6.07) is 16.6. The van der Waals surface area contributed by atoms with Crippen molar-refractivity contribution in [3.8, 4) is 0 Å². The van der Waals surface area contributed by atoms with Gasteiger partial charge in [0.2, 0.25) is 11.8 Å². The minimum absolute atomic E-state index is 0.181. The molecule has 1 aromatic heterocycles. The fraction of sp³-hybridized carbons (Fsp3) is 0.100. The monoisotopic (exact) mass is 332 g/mol. The highest BCUT2D eigenvalue weighted by molar-refractivity contribution is 5.98. The van der Waals surface area contributed by atoms with Gasteiger partial charge in [-0.1, -0.05) is 24.3 Å². The quantitative estimate of drug-likeness (QED) is 0.727. The zero-order valence-electron chi connectivity index (χ0n) is 13.6. The van der Waals surface area contributed by atoms with Crippen LogP contribution < -0.4 is 11.1 Å². The van der Waals surface area contributed by atoms with Crippen molar-refractivity contribution in [2.24, 2.45) is 5.73 Å². The molecule has 0 atom stereocenters. The number of hydrogen-bond donors (Lipinski definition) is 2. The molecule has 0 bridgehead atoms. The van der Waals surface area contributed by atoms with Gasteiger partial charge < -0.3 is 11.1 Å². The number of primary amides is 1. The Balaban J connectivity index is 1.57. The molecule has 2 amide bonds. The number of nitrogens with one attached hydrogen (secondary N) is 1. The first-order valence-corrected chi connectivity index (χ1v) is 8.00. The maximum absolute atomic E-state index is 12.1. The molecule has 0 aliphatic rings. The van der Waals surface area contributed by atoms with Crippen molar-refractivity contribution >= 4 is 28.4 Å². The molecule has 125 valence electrons. The van der Waals surface area contributed by atoms with E-state index in [1.54, 1.807) is 24.8 Å². The van der Waals surface area contributed by atoms with Crippen LogP contribution in [0.5, 0.6) is 0 Å². The summed E-state index contributed by atoms with van der Waals surface area (Å²) in [6.07, 6.45) is 4.41. The second kappa shape index (κ2) is 7.57. The summed E-state index contributed by atoms with van der Waals surface area (Å²) in [6.45, 7) is 0. The van der Waals surface area contributed by atoms with Crippen molar-refractivity contribution in [1.82, 2.24) is 4.98 Å². The van der Waals surface area contributed by atoms with Crippen molar-refractivity contribution in [3.63, 3.8) is 0 Å². The number of rotatable bonds is 6. The predicted molar refractivity (Wildman–Crippen MR) is 98.0 cm³/mol. The molecule has 0 aliphatic heterocycles. The van der Waals surface area contributed by atoms with E-state index in [-0.39, 0.29) is 5.91 Å². The molecule has 3 N–H and O–H groups in total. The van der Waals surface area contributed by atoms with Crippen molar-refractivity contribution in [1.29, 1.82) is 0 Å². The molecule has 0 saturated heterocycles. The Hall–Kier alpha value is -3.21. The molecule has 1 radical (unpaired) electrons. The van der Waals surface area contributed by atoms with Crippen LogP contribution >= 0.6 is 0 Å². The number of nitrogens with two attached hydrogens (primary N) is 1. The van der Waals surface area contributed by atoms with Gasteiger partial charge >= 0.3 is 0 Å². The lowest BCUT2D eigenvalue weighted by Crippen LogP contribution is -2.15. The van der Waals surface area contributed by atoms with E-state index in [0.717, 1.165) is 22.2 Å². The highest BCUT2D eigenvalue weighted by Crippen LogP contribution is 2.17. The number of carbonyl (C=O) groups is 2. The number of nitrogens with zero attached hydrogens (tertiary/aromatic N) is 1. The molecule has 3 aromatic rings. The summed E-state index contributed by atoms with van der Waals surface area (Å²) in [7, 11) is 0. The summed E-state index contributed by atoms with van der Waals surface area (Å²) in [5.41, 5.74) is 8.31. The van der Waals surface area contributed by atoms with E-state index in [9.17, 15) is 9.59 Å². The van der Waals surface area contributed by atoms with Crippen molar-refractivity contribution in [3.05, 3.63) is 78.3 Å². The van der Waals surface area contributed by atoms with E-state index >= 15 is 0 Å². The predicted octanol–water partition coefficient (Wildman–Crippen LogP) is 3.11. The molecule has 5 heteroatoms. The summed E-state index contributed by atoms with van der Waals surface area (Å²) < 4.78 is 0. The van der Waals surface area contributed by atoms with Crippen LogP contribution in [0.4, 0.5) is 5.69 Å². The van der Waals surface area contributed by atoms with Crippen LogP contribution in [-0.2, 0) is 11.2 Å². The molecule has 1 heterocycles. The normalized spacial score (nSPS) is 10.6. The smallest absolute Gasteiger partial charge is 0.248 e. The van der Waals surface area contributed by atoms with Crippen LogP contribution in [0.3, 0.4) is 0 Å². The number of fused-ring (bicyclic) bond motifs is 1. The number of aryl methyl sites for hydroxylation is 1. The fourth-order valence-corrected chi connectivity index (χ4v) is 2.68. The Labute approximate surface area is 145 Å². The lowest BCUT2D eigenvalue weighted by Gasteiger charge is -2.08. The molecule has 2 aromatic carbocycles. The topological polar surface area (TPSA) is 85.1 Å². The highest BCUT2D eigenvalue weighted by Gasteiger charge is 2.09. The third-order valence-corrected chi connectivity index (χ3v) is 3.90. The second-order valence-electron chi connectivity index (χ2n) is 5.66. The standard InChI is InChI=1S/C20H18N3O2/c21-20(25)17-8-2-1-5-14(17)6-3-9-19(24)23-16-10-11-18-15(13-16)7-4-12-22-18/h1-2,4-5,7-13H,3,6H2,(H2,21,25)(H,23,24). The fourth-order valence-electron chi connectivity index (χ4n) is 2.68. The van der Waals surface area contributed by atoms with Gasteiger partial charge in [-0.15, -0.1) is 0 Å². The molecular weight excluding hydrogens is 314 g/mol. The average molecular weight is 332 g/mol. The molecule has 5 nitrogen and oxygen atoms in total. The molecule has 3 rings (SSSR count). The van der Waals surface area contributed by atoms with Crippen molar-refractivity contribution < 1.29 is 9.59 Å². The molecule has 25 heavy (non-hydrogen) atoms. The Morgan fingerprint density at radius 2 is 1.92 bits per heavy atom. The highest BCUT2D eigenvalue weighted by atomic mass is 16.1. The van der Waals surface area contributed by atoms with Gasteiger partial charge in [0, 0.05) is 22.8 Å². The minimum atomic E-state index is -0.454. The number of pyridine rings is 1. The lowest BCUT2D eigenvalue weighted by atomic mass is 10.0. The van der Waals surface area contributed by atoms with Crippen molar-refractivity contribution in [2.45, 2.75) is 12.8 Å². The first-order valence-electron chi connectivity index (χ1n) is 8.00. The van der Waals surface area contributed by atoms with Crippen LogP contribution in [-0.4, -0.2) is 16.8 Å². The Bertz CT molecular complexity index is 921. The summed E-state index contributed by atoms with van der Waals surface area (Å²) in [5, 5.41) is 3.81. The Morgan fingerprint density at radius 3 is 2.76 bits per heavy atom. The molecule has 0 aliphatic carbocycles. The molecule has 0 unspecified atom stereocenters. The summed E-state index contributed by atoms with van der Waals surface area (Å²) in [5.74, 6) is -0.635. The second-order valence-corrected chi connectivity index (χ2v) is 5.66. The molecule has 0 saturated carbocycles. The van der Waals surface area contributed by atoms with Gasteiger partial charge in [-0.3, -0.25) is 14.6 Å². The zero-order chi connectivity index (χ0) is 17.6. The third-order valence-electron chi connectivity index (χ3n) is 3.90. The first-order chi connectivity index (χ1) is 12.1. The SMILES string of the molecule is NC(=O)c1ccccc1CC[CH]C(=O)Nc1ccc2ncccc2c1. The van der Waals surface area contributed by atoms with Gasteiger partial charge in [0.25, 0.3) is 0 Å². The lowest BCUT2D eigenvalue weighted by molar-refractivity contribution is -0.113. The third kappa shape index (κ3) is 4.20. The van der Waals surface area contributed by atoms with E-state index in [2.05, 4.69) is 10.3 Å². The Morgan fingerprint density at radius 1 is 1.08 bits per heavy atom. The van der Waals surface area contributed by atoms with E-state index in [0.29, 0.717) is 18.4 Å². The maximum Gasteiger partial charge on any atom is 0.248 e.